The summed E-state index contributed by atoms with van der Waals surface area (Å²) in [4.78, 5) is 2.37. The fourth-order valence-corrected chi connectivity index (χ4v) is 6.88. The van der Waals surface area contributed by atoms with Crippen LogP contribution in [0.2, 0.25) is 0 Å². The van der Waals surface area contributed by atoms with E-state index in [1.54, 1.807) is 6.08 Å². The smallest absolute Gasteiger partial charge is 0.0632 e. The zero-order chi connectivity index (χ0) is 33.3. The van der Waals surface area contributed by atoms with E-state index in [4.69, 9.17) is 11.1 Å². The summed E-state index contributed by atoms with van der Waals surface area (Å²) in [7, 11) is 0. The van der Waals surface area contributed by atoms with Gasteiger partial charge in [0, 0.05) is 45.6 Å². The monoisotopic (exact) mass is 632 g/mol. The number of para-hydroxylation sites is 3. The average molecular weight is 633 g/mol. The Morgan fingerprint density at radius 3 is 2.08 bits per heavy atom. The minimum absolute atomic E-state index is 0.380. The van der Waals surface area contributed by atoms with E-state index in [1.807, 2.05) is 42.5 Å². The molecule has 0 atom stereocenters. The Morgan fingerprint density at radius 2 is 1.29 bits per heavy atom. The zero-order valence-electron chi connectivity index (χ0n) is 27.3. The number of benzene rings is 6. The van der Waals surface area contributed by atoms with Crippen LogP contribution in [0.5, 0.6) is 0 Å². The fraction of sp³-hybridized carbons (Fsp3) is 0.0444. The van der Waals surface area contributed by atoms with Crippen LogP contribution in [-0.4, -0.2) is 10.3 Å². The lowest BCUT2D eigenvalue weighted by molar-refractivity contribution is 1.15. The lowest BCUT2D eigenvalue weighted by Crippen LogP contribution is -2.11. The van der Waals surface area contributed by atoms with Crippen LogP contribution in [0, 0.1) is 5.41 Å². The number of fused-ring (bicyclic) bond motifs is 4. The first-order valence-electron chi connectivity index (χ1n) is 16.6. The van der Waals surface area contributed by atoms with Crippen LogP contribution < -0.4 is 10.6 Å². The molecule has 6 aromatic carbocycles. The maximum absolute atomic E-state index is 8.68. The molecule has 1 aliphatic heterocycles. The number of anilines is 2. The minimum atomic E-state index is 0.380. The Bertz CT molecular complexity index is 2430. The Balaban J connectivity index is 1.12. The summed E-state index contributed by atoms with van der Waals surface area (Å²) in [5.41, 5.74) is 19.8. The van der Waals surface area contributed by atoms with Crippen LogP contribution in [0.1, 0.15) is 29.2 Å². The standard InChI is InChI=1S/C45H36N4/c1-31(20-24-38-28-35-14-8-10-18-43(35)48(38)36-15-6-3-7-16-36)34-23-27-45-40(29-34)39-17-9-11-19-44(39)49(45)37-25-21-33(22-26-37)42(47)30-41(46)32-12-4-2-5-13-32/h2-27,29-30,47H,28,46H2,1H3/b31-20+,38-24+,41-30-,47-42?. The normalized spacial score (nSPS) is 14.1. The largest absolute Gasteiger partial charge is 0.398 e. The lowest BCUT2D eigenvalue weighted by atomic mass is 10.0. The van der Waals surface area contributed by atoms with Gasteiger partial charge in [0.25, 0.3) is 0 Å². The maximum atomic E-state index is 8.68. The first-order chi connectivity index (χ1) is 24.0. The molecule has 2 heterocycles. The van der Waals surface area contributed by atoms with E-state index < -0.39 is 0 Å². The van der Waals surface area contributed by atoms with Gasteiger partial charge in [-0.2, -0.15) is 0 Å². The molecule has 0 unspecified atom stereocenters. The van der Waals surface area contributed by atoms with Crippen LogP contribution >= 0.6 is 0 Å². The van der Waals surface area contributed by atoms with Gasteiger partial charge in [-0.1, -0.05) is 109 Å². The highest BCUT2D eigenvalue weighted by Crippen LogP contribution is 2.40. The van der Waals surface area contributed by atoms with E-state index in [0.29, 0.717) is 11.4 Å². The number of nitrogens with zero attached hydrogens (tertiary/aromatic N) is 2. The maximum Gasteiger partial charge on any atom is 0.0632 e. The van der Waals surface area contributed by atoms with Crippen molar-refractivity contribution in [3.63, 3.8) is 0 Å². The first-order valence-corrected chi connectivity index (χ1v) is 16.6. The van der Waals surface area contributed by atoms with Crippen molar-refractivity contribution < 1.29 is 0 Å². The number of nitrogens with one attached hydrogen (secondary N) is 1. The van der Waals surface area contributed by atoms with Crippen LogP contribution in [0.3, 0.4) is 0 Å². The van der Waals surface area contributed by atoms with E-state index in [1.165, 1.54) is 44.5 Å². The van der Waals surface area contributed by atoms with Crippen molar-refractivity contribution in [3.8, 4) is 5.69 Å². The van der Waals surface area contributed by atoms with Crippen LogP contribution in [0.25, 0.3) is 38.8 Å². The van der Waals surface area contributed by atoms with Gasteiger partial charge in [0.15, 0.2) is 0 Å². The van der Waals surface area contributed by atoms with Gasteiger partial charge < -0.3 is 20.6 Å². The summed E-state index contributed by atoms with van der Waals surface area (Å²) in [5.74, 6) is 0. The zero-order valence-corrected chi connectivity index (χ0v) is 27.3. The van der Waals surface area contributed by atoms with Crippen molar-refractivity contribution >= 4 is 50.2 Å². The van der Waals surface area contributed by atoms with Crippen molar-refractivity contribution in [2.24, 2.45) is 5.73 Å². The molecule has 0 bridgehead atoms. The molecule has 0 aliphatic carbocycles. The fourth-order valence-electron chi connectivity index (χ4n) is 6.88. The molecule has 0 saturated heterocycles. The summed E-state index contributed by atoms with van der Waals surface area (Å²) in [6.45, 7) is 2.19. The van der Waals surface area contributed by atoms with Crippen LogP contribution in [0.4, 0.5) is 11.4 Å². The molecule has 0 amide bonds. The number of rotatable bonds is 7. The van der Waals surface area contributed by atoms with Gasteiger partial charge in [0.1, 0.15) is 0 Å². The van der Waals surface area contributed by atoms with Crippen molar-refractivity contribution in [1.29, 1.82) is 5.41 Å². The van der Waals surface area contributed by atoms with E-state index in [2.05, 4.69) is 138 Å². The molecule has 49 heavy (non-hydrogen) atoms. The molecule has 1 aliphatic rings. The summed E-state index contributed by atoms with van der Waals surface area (Å²) >= 11 is 0. The van der Waals surface area contributed by atoms with Gasteiger partial charge in [-0.15, -0.1) is 0 Å². The lowest BCUT2D eigenvalue weighted by Gasteiger charge is -2.21. The molecular formula is C45H36N4. The topological polar surface area (TPSA) is 58.0 Å². The molecule has 1 aromatic heterocycles. The second kappa shape index (κ2) is 12.7. The van der Waals surface area contributed by atoms with Crippen molar-refractivity contribution in [3.05, 3.63) is 198 Å². The molecule has 0 spiro atoms. The van der Waals surface area contributed by atoms with Crippen LogP contribution in [0.15, 0.2) is 176 Å². The second-order valence-corrected chi connectivity index (χ2v) is 12.5. The predicted molar refractivity (Wildman–Crippen MR) is 207 cm³/mol. The van der Waals surface area contributed by atoms with Gasteiger partial charge in [-0.3, -0.25) is 0 Å². The Morgan fingerprint density at radius 1 is 0.633 bits per heavy atom. The third kappa shape index (κ3) is 5.64. The van der Waals surface area contributed by atoms with Crippen LogP contribution in [-0.2, 0) is 6.42 Å². The average Bonchev–Trinajstić information content (AvgIpc) is 3.70. The molecule has 236 valence electrons. The van der Waals surface area contributed by atoms with E-state index in [-0.39, 0.29) is 0 Å². The van der Waals surface area contributed by atoms with Crippen molar-refractivity contribution in [2.45, 2.75) is 13.3 Å². The highest BCUT2D eigenvalue weighted by molar-refractivity contribution is 6.11. The third-order valence-corrected chi connectivity index (χ3v) is 9.40. The summed E-state index contributed by atoms with van der Waals surface area (Å²) in [6, 6.07) is 52.6. The van der Waals surface area contributed by atoms with Gasteiger partial charge in [0.2, 0.25) is 0 Å². The number of hydrogen-bond donors (Lipinski definition) is 2. The molecule has 8 rings (SSSR count). The van der Waals surface area contributed by atoms with E-state index >= 15 is 0 Å². The number of aromatic nitrogens is 1. The summed E-state index contributed by atoms with van der Waals surface area (Å²) in [6.07, 6.45) is 7.15. The molecule has 4 nitrogen and oxygen atoms in total. The quantitative estimate of drug-likeness (QED) is 0.172. The molecule has 0 fully saturated rings. The Hall–Kier alpha value is -6.39. The highest BCUT2D eigenvalue weighted by Gasteiger charge is 2.24. The van der Waals surface area contributed by atoms with Gasteiger partial charge in [-0.05, 0) is 95.4 Å². The number of nitrogens with two attached hydrogens (primary N) is 1. The van der Waals surface area contributed by atoms with Gasteiger partial charge in [0.05, 0.1) is 16.7 Å². The molecule has 7 aromatic rings. The van der Waals surface area contributed by atoms with Gasteiger partial charge in [-0.25, -0.2) is 0 Å². The third-order valence-electron chi connectivity index (χ3n) is 9.40. The highest BCUT2D eigenvalue weighted by atomic mass is 15.2. The predicted octanol–water partition coefficient (Wildman–Crippen LogP) is 10.8. The van der Waals surface area contributed by atoms with E-state index in [0.717, 1.165) is 34.3 Å². The molecular weight excluding hydrogens is 597 g/mol. The summed E-state index contributed by atoms with van der Waals surface area (Å²) < 4.78 is 2.31. The molecule has 0 saturated carbocycles. The molecule has 0 radical (unpaired) electrons. The Labute approximate surface area is 286 Å². The number of hydrogen-bond acceptors (Lipinski definition) is 3. The second-order valence-electron chi connectivity index (χ2n) is 12.5. The van der Waals surface area contributed by atoms with Crippen molar-refractivity contribution in [2.75, 3.05) is 4.90 Å². The SMILES string of the molecule is C/C(=C\C=C1/Cc2ccccc2N1c1ccccc1)c1ccc2c(c1)c1ccccc1n2-c1ccc(C(=N)/C=C(\N)c2ccccc2)cc1. The van der Waals surface area contributed by atoms with E-state index in [9.17, 15) is 0 Å². The molecule has 3 N–H and O–H groups in total. The van der Waals surface area contributed by atoms with Crippen molar-refractivity contribution in [1.82, 2.24) is 4.57 Å². The van der Waals surface area contributed by atoms with Gasteiger partial charge >= 0.3 is 0 Å². The minimum Gasteiger partial charge on any atom is -0.398 e. The molecule has 4 heteroatoms. The number of allylic oxidation sites excluding steroid dienone is 5. The first kappa shape index (κ1) is 30.0. The Kier molecular flexibility index (Phi) is 7.75. The summed E-state index contributed by atoms with van der Waals surface area (Å²) in [5, 5.41) is 11.1.